The highest BCUT2D eigenvalue weighted by molar-refractivity contribution is 7.99. The first-order chi connectivity index (χ1) is 13.3. The molecule has 2 aromatic carbocycles. The van der Waals surface area contributed by atoms with E-state index in [1.165, 1.54) is 19.9 Å². The number of aromatic nitrogens is 1. The van der Waals surface area contributed by atoms with Crippen LogP contribution in [0.4, 0.5) is 0 Å². The predicted molar refractivity (Wildman–Crippen MR) is 113 cm³/mol. The molecular weight excluding hydrogens is 392 g/mol. The summed E-state index contributed by atoms with van der Waals surface area (Å²) in [5, 5.41) is 3.50. The van der Waals surface area contributed by atoms with Gasteiger partial charge in [0.2, 0.25) is 15.7 Å². The summed E-state index contributed by atoms with van der Waals surface area (Å²) in [5.74, 6) is 0.122. The molecule has 0 aliphatic heterocycles. The lowest BCUT2D eigenvalue weighted by molar-refractivity contribution is -0.122. The number of rotatable bonds is 7. The Morgan fingerprint density at radius 1 is 1.00 bits per heavy atom. The van der Waals surface area contributed by atoms with Crippen LogP contribution in [-0.2, 0) is 14.6 Å². The van der Waals surface area contributed by atoms with Crippen LogP contribution in [0.25, 0.3) is 10.9 Å². The molecule has 0 aliphatic carbocycles. The second-order valence-corrected chi connectivity index (χ2v) is 10.4. The van der Waals surface area contributed by atoms with Gasteiger partial charge < -0.3 is 5.32 Å². The van der Waals surface area contributed by atoms with Gasteiger partial charge in [-0.2, -0.15) is 0 Å². The van der Waals surface area contributed by atoms with Crippen molar-refractivity contribution >= 4 is 38.4 Å². The SMILES string of the molecule is CC(C)(C(=O)NCCSc1ccccc1)S(=O)(=O)c1ccc2ccccc2n1. The van der Waals surface area contributed by atoms with Gasteiger partial charge in [0, 0.05) is 22.6 Å². The number of hydrogen-bond acceptors (Lipinski definition) is 5. The molecule has 0 fully saturated rings. The fraction of sp³-hybridized carbons (Fsp3) is 0.238. The van der Waals surface area contributed by atoms with Crippen molar-refractivity contribution in [3.8, 4) is 0 Å². The van der Waals surface area contributed by atoms with E-state index in [1.807, 2.05) is 42.5 Å². The van der Waals surface area contributed by atoms with Crippen molar-refractivity contribution in [1.29, 1.82) is 0 Å². The van der Waals surface area contributed by atoms with Crippen LogP contribution in [0.5, 0.6) is 0 Å². The number of sulfone groups is 1. The number of hydrogen-bond donors (Lipinski definition) is 1. The number of benzene rings is 2. The van der Waals surface area contributed by atoms with Crippen LogP contribution in [0.2, 0.25) is 0 Å². The molecule has 0 spiro atoms. The standard InChI is InChI=1S/C21H22N2O3S2/c1-21(2,20(24)22-14-15-27-17-9-4-3-5-10-17)28(25,26)19-13-12-16-8-6-7-11-18(16)23-19/h3-13H,14-15H2,1-2H3,(H,22,24). The van der Waals surface area contributed by atoms with Crippen LogP contribution < -0.4 is 5.32 Å². The Labute approximate surface area is 169 Å². The fourth-order valence-corrected chi connectivity index (χ4v) is 4.74. The molecule has 7 heteroatoms. The van der Waals surface area contributed by atoms with Gasteiger partial charge in [-0.3, -0.25) is 4.79 Å². The van der Waals surface area contributed by atoms with Crippen molar-refractivity contribution in [3.63, 3.8) is 0 Å². The molecular formula is C21H22N2O3S2. The smallest absolute Gasteiger partial charge is 0.241 e. The first kappa shape index (κ1) is 20.4. The maximum absolute atomic E-state index is 13.1. The quantitative estimate of drug-likeness (QED) is 0.471. The maximum Gasteiger partial charge on any atom is 0.241 e. The number of thioether (sulfide) groups is 1. The topological polar surface area (TPSA) is 76.1 Å². The van der Waals surface area contributed by atoms with Gasteiger partial charge in [0.05, 0.1) is 5.52 Å². The fourth-order valence-electron chi connectivity index (χ4n) is 2.64. The Morgan fingerprint density at radius 3 is 2.43 bits per heavy atom. The number of para-hydroxylation sites is 1. The number of carbonyl (C=O) groups excluding carboxylic acids is 1. The van der Waals surface area contributed by atoms with Gasteiger partial charge in [-0.15, -0.1) is 11.8 Å². The van der Waals surface area contributed by atoms with E-state index >= 15 is 0 Å². The zero-order chi connectivity index (χ0) is 20.2. The zero-order valence-electron chi connectivity index (χ0n) is 15.8. The van der Waals surface area contributed by atoms with Crippen LogP contribution in [0.3, 0.4) is 0 Å². The summed E-state index contributed by atoms with van der Waals surface area (Å²) >= 11 is 1.60. The van der Waals surface area contributed by atoms with Crippen LogP contribution in [0, 0.1) is 0 Å². The van der Waals surface area contributed by atoms with E-state index < -0.39 is 20.5 Å². The van der Waals surface area contributed by atoms with Crippen molar-refractivity contribution in [2.75, 3.05) is 12.3 Å². The van der Waals surface area contributed by atoms with Crippen LogP contribution in [0.15, 0.2) is 76.7 Å². The summed E-state index contributed by atoms with van der Waals surface area (Å²) in [6, 6.07) is 20.3. The van der Waals surface area contributed by atoms with E-state index in [0.717, 1.165) is 10.3 Å². The number of carbonyl (C=O) groups is 1. The summed E-state index contributed by atoms with van der Waals surface area (Å²) in [7, 11) is -3.95. The summed E-state index contributed by atoms with van der Waals surface area (Å²) in [6.45, 7) is 3.21. The molecule has 0 saturated heterocycles. The van der Waals surface area contributed by atoms with Gasteiger partial charge in [-0.05, 0) is 44.2 Å². The van der Waals surface area contributed by atoms with Crippen molar-refractivity contribution in [1.82, 2.24) is 10.3 Å². The first-order valence-electron chi connectivity index (χ1n) is 8.89. The number of amides is 1. The molecule has 1 N–H and O–H groups in total. The Morgan fingerprint density at radius 2 is 1.68 bits per heavy atom. The van der Waals surface area contributed by atoms with E-state index in [1.54, 1.807) is 30.0 Å². The first-order valence-corrected chi connectivity index (χ1v) is 11.4. The highest BCUT2D eigenvalue weighted by Gasteiger charge is 2.43. The van der Waals surface area contributed by atoms with E-state index in [2.05, 4.69) is 10.3 Å². The van der Waals surface area contributed by atoms with Gasteiger partial charge in [0.15, 0.2) is 9.77 Å². The molecule has 1 amide bonds. The average molecular weight is 415 g/mol. The highest BCUT2D eigenvalue weighted by Crippen LogP contribution is 2.26. The van der Waals surface area contributed by atoms with Gasteiger partial charge in [0.1, 0.15) is 0 Å². The Hall–Kier alpha value is -2.38. The summed E-state index contributed by atoms with van der Waals surface area (Å²) in [4.78, 5) is 18.0. The molecule has 146 valence electrons. The van der Waals surface area contributed by atoms with Gasteiger partial charge in [-0.25, -0.2) is 13.4 Å². The van der Waals surface area contributed by atoms with E-state index in [0.29, 0.717) is 17.8 Å². The number of nitrogens with zero attached hydrogens (tertiary/aromatic N) is 1. The maximum atomic E-state index is 13.1. The summed E-state index contributed by atoms with van der Waals surface area (Å²) < 4.78 is 24.5. The van der Waals surface area contributed by atoms with Crippen LogP contribution in [0.1, 0.15) is 13.8 Å². The Bertz CT molecular complexity index is 1080. The minimum atomic E-state index is -3.95. The molecule has 1 aromatic heterocycles. The van der Waals surface area contributed by atoms with Crippen molar-refractivity contribution in [2.45, 2.75) is 28.5 Å². The minimum absolute atomic E-state index is 0.0926. The molecule has 0 atom stereocenters. The third-order valence-corrected chi connectivity index (χ3v) is 7.79. The Kier molecular flexibility index (Phi) is 6.05. The largest absolute Gasteiger partial charge is 0.354 e. The van der Waals surface area contributed by atoms with Crippen molar-refractivity contribution < 1.29 is 13.2 Å². The van der Waals surface area contributed by atoms with Gasteiger partial charge >= 0.3 is 0 Å². The molecule has 0 bridgehead atoms. The molecule has 0 unspecified atom stereocenters. The lowest BCUT2D eigenvalue weighted by Crippen LogP contribution is -2.48. The monoisotopic (exact) mass is 414 g/mol. The summed E-state index contributed by atoms with van der Waals surface area (Å²) in [5.41, 5.74) is 0.582. The van der Waals surface area contributed by atoms with E-state index in [4.69, 9.17) is 0 Å². The summed E-state index contributed by atoms with van der Waals surface area (Å²) in [6.07, 6.45) is 0. The minimum Gasteiger partial charge on any atom is -0.354 e. The third kappa shape index (κ3) is 4.20. The molecule has 3 rings (SSSR count). The second-order valence-electron chi connectivity index (χ2n) is 6.77. The lowest BCUT2D eigenvalue weighted by Gasteiger charge is -2.23. The lowest BCUT2D eigenvalue weighted by atomic mass is 10.2. The van der Waals surface area contributed by atoms with Crippen LogP contribution >= 0.6 is 11.8 Å². The Balaban J connectivity index is 1.69. The zero-order valence-corrected chi connectivity index (χ0v) is 17.4. The third-order valence-electron chi connectivity index (χ3n) is 4.47. The van der Waals surface area contributed by atoms with E-state index in [9.17, 15) is 13.2 Å². The van der Waals surface area contributed by atoms with Crippen molar-refractivity contribution in [3.05, 3.63) is 66.7 Å². The van der Waals surface area contributed by atoms with Gasteiger partial charge in [-0.1, -0.05) is 36.4 Å². The number of pyridine rings is 1. The second kappa shape index (κ2) is 8.32. The normalized spacial score (nSPS) is 12.1. The molecule has 0 saturated carbocycles. The van der Waals surface area contributed by atoms with Gasteiger partial charge in [0.25, 0.3) is 0 Å². The number of fused-ring (bicyclic) bond motifs is 1. The molecule has 3 aromatic rings. The predicted octanol–water partition coefficient (Wildman–Crippen LogP) is 3.70. The molecule has 28 heavy (non-hydrogen) atoms. The molecule has 5 nitrogen and oxygen atoms in total. The van der Waals surface area contributed by atoms with Crippen molar-refractivity contribution in [2.24, 2.45) is 0 Å². The molecule has 0 aliphatic rings. The number of nitrogens with one attached hydrogen (secondary N) is 1. The molecule has 0 radical (unpaired) electrons. The van der Waals surface area contributed by atoms with Crippen LogP contribution in [-0.4, -0.2) is 36.4 Å². The highest BCUT2D eigenvalue weighted by atomic mass is 32.2. The average Bonchev–Trinajstić information content (AvgIpc) is 2.71. The van der Waals surface area contributed by atoms with E-state index in [-0.39, 0.29) is 5.03 Å². The molecule has 1 heterocycles.